The monoisotopic (exact) mass is 417 g/mol. The van der Waals surface area contributed by atoms with Gasteiger partial charge in [0.05, 0.1) is 6.04 Å². The number of rotatable bonds is 5. The maximum Gasteiger partial charge on any atom is 0.248 e. The zero-order valence-electron chi connectivity index (χ0n) is 16.6. The van der Waals surface area contributed by atoms with Crippen LogP contribution in [-0.2, 0) is 10.0 Å². The molecule has 29 heavy (non-hydrogen) atoms. The van der Waals surface area contributed by atoms with Crippen LogP contribution in [0.15, 0.2) is 21.6 Å². The lowest BCUT2D eigenvalue weighted by molar-refractivity contribution is 0.308. The van der Waals surface area contributed by atoms with Crippen molar-refractivity contribution in [3.8, 4) is 0 Å². The fourth-order valence-electron chi connectivity index (χ4n) is 3.94. The molecule has 0 bridgehead atoms. The zero-order valence-corrected chi connectivity index (χ0v) is 17.4. The van der Waals surface area contributed by atoms with E-state index in [1.54, 1.807) is 20.9 Å². The first kappa shape index (κ1) is 18.5. The summed E-state index contributed by atoms with van der Waals surface area (Å²) in [6.45, 7) is 4.39. The van der Waals surface area contributed by atoms with E-state index in [-0.39, 0.29) is 10.9 Å². The molecule has 0 amide bonds. The molecule has 1 saturated heterocycles. The van der Waals surface area contributed by atoms with E-state index in [9.17, 15) is 8.42 Å². The van der Waals surface area contributed by atoms with E-state index >= 15 is 0 Å². The number of hydrogen-bond donors (Lipinski definition) is 0. The van der Waals surface area contributed by atoms with Gasteiger partial charge in [0.15, 0.2) is 17.2 Å². The second-order valence-corrected chi connectivity index (χ2v) is 9.82. The summed E-state index contributed by atoms with van der Waals surface area (Å²) in [4.78, 5) is 2.22. The van der Waals surface area contributed by atoms with Gasteiger partial charge in [0, 0.05) is 26.1 Å². The molecular formula is C18H23N7O3S. The average molecular weight is 417 g/mol. The highest BCUT2D eigenvalue weighted by Crippen LogP contribution is 2.35. The molecule has 1 aliphatic heterocycles. The average Bonchev–Trinajstić information content (AvgIpc) is 3.15. The predicted molar refractivity (Wildman–Crippen MR) is 104 cm³/mol. The van der Waals surface area contributed by atoms with Gasteiger partial charge in [0.2, 0.25) is 10.0 Å². The summed E-state index contributed by atoms with van der Waals surface area (Å²) in [5.41, 5.74) is 1.12. The van der Waals surface area contributed by atoms with Crippen LogP contribution >= 0.6 is 0 Å². The Morgan fingerprint density at radius 1 is 1.17 bits per heavy atom. The highest BCUT2D eigenvalue weighted by atomic mass is 32.2. The van der Waals surface area contributed by atoms with Crippen molar-refractivity contribution in [2.45, 2.75) is 50.0 Å². The first-order valence-corrected chi connectivity index (χ1v) is 11.2. The smallest absolute Gasteiger partial charge is 0.248 e. The molecule has 11 heteroatoms. The molecule has 0 N–H and O–H groups in total. The molecule has 2 fully saturated rings. The van der Waals surface area contributed by atoms with Gasteiger partial charge in [-0.3, -0.25) is 0 Å². The van der Waals surface area contributed by atoms with E-state index in [4.69, 9.17) is 9.62 Å². The van der Waals surface area contributed by atoms with Crippen LogP contribution in [0.3, 0.4) is 0 Å². The van der Waals surface area contributed by atoms with Gasteiger partial charge in [-0.15, -0.1) is 15.3 Å². The summed E-state index contributed by atoms with van der Waals surface area (Å²) in [7, 11) is -2.05. The quantitative estimate of drug-likeness (QED) is 0.614. The first-order chi connectivity index (χ1) is 13.9. The number of fused-ring (bicyclic) bond motifs is 1. The highest BCUT2D eigenvalue weighted by molar-refractivity contribution is 7.89. The van der Waals surface area contributed by atoms with Crippen molar-refractivity contribution >= 4 is 21.5 Å². The molecule has 0 aromatic carbocycles. The minimum absolute atomic E-state index is 0.141. The van der Waals surface area contributed by atoms with Gasteiger partial charge in [-0.2, -0.15) is 8.82 Å². The molecule has 154 valence electrons. The molecule has 3 aromatic rings. The van der Waals surface area contributed by atoms with E-state index in [2.05, 4.69) is 20.3 Å². The summed E-state index contributed by atoms with van der Waals surface area (Å²) >= 11 is 0. The fraction of sp³-hybridized carbons (Fsp3) is 0.556. The minimum Gasteiger partial charge on any atom is -0.360 e. The predicted octanol–water partition coefficient (Wildman–Crippen LogP) is 1.51. The lowest BCUT2D eigenvalue weighted by Gasteiger charge is -2.43. The summed E-state index contributed by atoms with van der Waals surface area (Å²) in [5.74, 6) is 2.47. The van der Waals surface area contributed by atoms with Crippen LogP contribution < -0.4 is 4.90 Å². The second-order valence-electron chi connectivity index (χ2n) is 7.88. The number of hydrogen-bond acceptors (Lipinski definition) is 8. The van der Waals surface area contributed by atoms with Crippen LogP contribution in [0.4, 0.5) is 5.82 Å². The first-order valence-electron chi connectivity index (χ1n) is 9.74. The Morgan fingerprint density at radius 3 is 2.55 bits per heavy atom. The molecule has 0 atom stereocenters. The third kappa shape index (κ3) is 2.83. The molecule has 2 aliphatic rings. The number of aromatic nitrogens is 5. The van der Waals surface area contributed by atoms with Crippen LogP contribution in [0.25, 0.3) is 5.65 Å². The number of aryl methyl sites for hydroxylation is 2. The zero-order chi connectivity index (χ0) is 20.3. The van der Waals surface area contributed by atoms with Gasteiger partial charge in [-0.1, -0.05) is 11.6 Å². The largest absolute Gasteiger partial charge is 0.360 e. The van der Waals surface area contributed by atoms with Crippen molar-refractivity contribution in [3.63, 3.8) is 0 Å². The van der Waals surface area contributed by atoms with Crippen LogP contribution in [-0.4, -0.2) is 63.9 Å². The number of likely N-dealkylation sites (N-methyl/N-ethyl adjacent to an activating group) is 1. The summed E-state index contributed by atoms with van der Waals surface area (Å²) in [5, 5.41) is 17.0. The normalized spacial score (nSPS) is 18.4. The third-order valence-electron chi connectivity index (χ3n) is 6.05. The molecule has 1 saturated carbocycles. The Morgan fingerprint density at radius 2 is 1.93 bits per heavy atom. The van der Waals surface area contributed by atoms with Crippen molar-refractivity contribution in [1.82, 2.24) is 29.3 Å². The third-order valence-corrected chi connectivity index (χ3v) is 8.20. The Labute approximate surface area is 168 Å². The van der Waals surface area contributed by atoms with Crippen molar-refractivity contribution in [2.75, 3.05) is 25.0 Å². The van der Waals surface area contributed by atoms with Gasteiger partial charge >= 0.3 is 0 Å². The molecule has 1 aliphatic carbocycles. The van der Waals surface area contributed by atoms with E-state index in [0.29, 0.717) is 30.5 Å². The molecular weight excluding hydrogens is 394 g/mol. The van der Waals surface area contributed by atoms with E-state index < -0.39 is 10.0 Å². The number of sulfonamides is 1. The Kier molecular flexibility index (Phi) is 4.14. The van der Waals surface area contributed by atoms with Crippen LogP contribution in [0.2, 0.25) is 0 Å². The van der Waals surface area contributed by atoms with Gasteiger partial charge in [0.25, 0.3) is 0 Å². The standard InChI is InChI=1S/C18H23N7O3S/c1-11-17(12(2)28-22-11)29(26,27)23(3)14-9-24(10-14)16-8-7-15-19-20-18(25(15)21-16)13-5-4-6-13/h7-8,13-14H,4-6,9-10H2,1-3H3. The van der Waals surface area contributed by atoms with E-state index in [1.165, 1.54) is 10.7 Å². The number of anilines is 1. The Hall–Kier alpha value is -2.53. The lowest BCUT2D eigenvalue weighted by Crippen LogP contribution is -2.60. The SMILES string of the molecule is Cc1noc(C)c1S(=O)(=O)N(C)C1CN(c2ccc3nnc(C4CCC4)n3n2)C1. The highest BCUT2D eigenvalue weighted by Gasteiger charge is 2.39. The topological polar surface area (TPSA) is 110 Å². The second kappa shape index (κ2) is 6.49. The van der Waals surface area contributed by atoms with Crippen molar-refractivity contribution in [3.05, 3.63) is 29.4 Å². The summed E-state index contributed by atoms with van der Waals surface area (Å²) in [6, 6.07) is 3.68. The van der Waals surface area contributed by atoms with Crippen LogP contribution in [0, 0.1) is 13.8 Å². The minimum atomic E-state index is -3.66. The number of nitrogens with zero attached hydrogens (tertiary/aromatic N) is 7. The molecule has 5 rings (SSSR count). The fourth-order valence-corrected chi connectivity index (χ4v) is 5.57. The summed E-state index contributed by atoms with van der Waals surface area (Å²) < 4.78 is 34.2. The van der Waals surface area contributed by atoms with E-state index in [0.717, 1.165) is 30.1 Å². The molecule has 10 nitrogen and oxygen atoms in total. The molecule has 4 heterocycles. The maximum atomic E-state index is 13.0. The van der Waals surface area contributed by atoms with Gasteiger partial charge in [0.1, 0.15) is 16.4 Å². The lowest BCUT2D eigenvalue weighted by atomic mass is 9.85. The molecule has 0 spiro atoms. The van der Waals surface area contributed by atoms with Crippen molar-refractivity contribution < 1.29 is 12.9 Å². The Balaban J connectivity index is 1.34. The van der Waals surface area contributed by atoms with Gasteiger partial charge in [-0.05, 0) is 38.8 Å². The van der Waals surface area contributed by atoms with Gasteiger partial charge < -0.3 is 9.42 Å². The van der Waals surface area contributed by atoms with Crippen LogP contribution in [0.5, 0.6) is 0 Å². The van der Waals surface area contributed by atoms with Crippen molar-refractivity contribution in [1.29, 1.82) is 0 Å². The van der Waals surface area contributed by atoms with Crippen molar-refractivity contribution in [2.24, 2.45) is 0 Å². The van der Waals surface area contributed by atoms with E-state index in [1.807, 2.05) is 16.6 Å². The maximum absolute atomic E-state index is 13.0. The molecule has 0 unspecified atom stereocenters. The summed E-state index contributed by atoms with van der Waals surface area (Å²) in [6.07, 6.45) is 3.48. The Bertz CT molecular complexity index is 1160. The van der Waals surface area contributed by atoms with Gasteiger partial charge in [-0.25, -0.2) is 8.42 Å². The van der Waals surface area contributed by atoms with Crippen LogP contribution in [0.1, 0.15) is 42.5 Å². The molecule has 0 radical (unpaired) electrons. The molecule has 3 aromatic heterocycles.